The zero-order valence-electron chi connectivity index (χ0n) is 15.1. The van der Waals surface area contributed by atoms with E-state index in [1.54, 1.807) is 24.3 Å². The first-order chi connectivity index (χ1) is 12.7. The van der Waals surface area contributed by atoms with Crippen molar-refractivity contribution in [1.82, 2.24) is 10.6 Å². The third-order valence-electron chi connectivity index (χ3n) is 4.14. The van der Waals surface area contributed by atoms with Gasteiger partial charge in [0.2, 0.25) is 0 Å². The predicted octanol–water partition coefficient (Wildman–Crippen LogP) is 4.16. The van der Waals surface area contributed by atoms with Crippen molar-refractivity contribution in [3.63, 3.8) is 0 Å². The molecule has 0 aliphatic heterocycles. The van der Waals surface area contributed by atoms with Crippen molar-refractivity contribution in [2.75, 3.05) is 0 Å². The van der Waals surface area contributed by atoms with E-state index >= 15 is 0 Å². The topological polar surface area (TPSA) is 58.2 Å². The van der Waals surface area contributed by atoms with Crippen molar-refractivity contribution in [1.29, 1.82) is 0 Å². The number of carbonyl (C=O) groups excluding carboxylic acids is 2. The first-order valence-electron chi connectivity index (χ1n) is 8.56. The van der Waals surface area contributed by atoms with E-state index in [4.69, 9.17) is 0 Å². The molecule has 1 atom stereocenters. The third kappa shape index (κ3) is 5.57. The summed E-state index contributed by atoms with van der Waals surface area (Å²) in [4.78, 5) is 24.2. The standard InChI is InChI=1S/C20H21F3N2O2/c1-3-13(2)25-18(26)15-10-8-14(9-11-15)12-24-19(27)16-6-4-5-7-17(16)20(21,22)23/h4-11,13H,3,12H2,1-2H3,(H,24,27)(H,25,26)/t13-/m1/s1. The highest BCUT2D eigenvalue weighted by Gasteiger charge is 2.34. The fourth-order valence-electron chi connectivity index (χ4n) is 2.39. The van der Waals surface area contributed by atoms with Gasteiger partial charge < -0.3 is 10.6 Å². The van der Waals surface area contributed by atoms with Crippen LogP contribution in [0.25, 0.3) is 0 Å². The molecule has 0 aromatic heterocycles. The molecule has 0 spiro atoms. The summed E-state index contributed by atoms with van der Waals surface area (Å²) < 4.78 is 39.0. The minimum absolute atomic E-state index is 0.0539. The average molecular weight is 378 g/mol. The van der Waals surface area contributed by atoms with Gasteiger partial charge in [0.1, 0.15) is 0 Å². The first-order valence-corrected chi connectivity index (χ1v) is 8.56. The van der Waals surface area contributed by atoms with Crippen LogP contribution in [0.3, 0.4) is 0 Å². The van der Waals surface area contributed by atoms with E-state index in [1.807, 2.05) is 13.8 Å². The van der Waals surface area contributed by atoms with Gasteiger partial charge in [-0.1, -0.05) is 31.2 Å². The van der Waals surface area contributed by atoms with Crippen LogP contribution in [0, 0.1) is 0 Å². The summed E-state index contributed by atoms with van der Waals surface area (Å²) in [5.74, 6) is -0.999. The maximum atomic E-state index is 13.0. The Morgan fingerprint density at radius 3 is 2.22 bits per heavy atom. The number of rotatable bonds is 6. The second-order valence-electron chi connectivity index (χ2n) is 6.21. The van der Waals surface area contributed by atoms with Crippen LogP contribution < -0.4 is 10.6 Å². The molecule has 144 valence electrons. The molecule has 0 bridgehead atoms. The van der Waals surface area contributed by atoms with Gasteiger partial charge in [0, 0.05) is 18.2 Å². The van der Waals surface area contributed by atoms with Gasteiger partial charge in [0.15, 0.2) is 0 Å². The Labute approximate surface area is 155 Å². The lowest BCUT2D eigenvalue weighted by Crippen LogP contribution is -2.31. The molecule has 2 amide bonds. The van der Waals surface area contributed by atoms with Crippen LogP contribution in [-0.4, -0.2) is 17.9 Å². The van der Waals surface area contributed by atoms with E-state index < -0.39 is 23.2 Å². The Balaban J connectivity index is 2.01. The van der Waals surface area contributed by atoms with Gasteiger partial charge in [-0.15, -0.1) is 0 Å². The van der Waals surface area contributed by atoms with Crippen molar-refractivity contribution in [3.8, 4) is 0 Å². The molecular weight excluding hydrogens is 357 g/mol. The highest BCUT2D eigenvalue weighted by Crippen LogP contribution is 2.31. The van der Waals surface area contributed by atoms with Crippen LogP contribution in [-0.2, 0) is 12.7 Å². The molecule has 2 aromatic rings. The molecular formula is C20H21F3N2O2. The third-order valence-corrected chi connectivity index (χ3v) is 4.14. The van der Waals surface area contributed by atoms with Crippen molar-refractivity contribution in [2.45, 2.75) is 39.0 Å². The monoisotopic (exact) mass is 378 g/mol. The fraction of sp³-hybridized carbons (Fsp3) is 0.300. The normalized spacial score (nSPS) is 12.3. The molecule has 2 N–H and O–H groups in total. The Morgan fingerprint density at radius 2 is 1.63 bits per heavy atom. The molecule has 0 unspecified atom stereocenters. The number of amides is 2. The van der Waals surface area contributed by atoms with Crippen molar-refractivity contribution < 1.29 is 22.8 Å². The molecule has 2 aromatic carbocycles. The molecule has 0 aliphatic rings. The van der Waals surface area contributed by atoms with Gasteiger partial charge >= 0.3 is 6.18 Å². The molecule has 4 nitrogen and oxygen atoms in total. The number of alkyl halides is 3. The van der Waals surface area contributed by atoms with Gasteiger partial charge in [0.05, 0.1) is 11.1 Å². The van der Waals surface area contributed by atoms with Crippen molar-refractivity contribution in [2.24, 2.45) is 0 Å². The van der Waals surface area contributed by atoms with Crippen LogP contribution >= 0.6 is 0 Å². The summed E-state index contributed by atoms with van der Waals surface area (Å²) in [6.07, 6.45) is -3.78. The van der Waals surface area contributed by atoms with Gasteiger partial charge in [-0.25, -0.2) is 0 Å². The summed E-state index contributed by atoms with van der Waals surface area (Å²) in [6.45, 7) is 3.92. The smallest absolute Gasteiger partial charge is 0.350 e. The number of hydrogen-bond acceptors (Lipinski definition) is 2. The average Bonchev–Trinajstić information content (AvgIpc) is 2.65. The molecule has 0 fully saturated rings. The van der Waals surface area contributed by atoms with Crippen molar-refractivity contribution in [3.05, 3.63) is 70.8 Å². The lowest BCUT2D eigenvalue weighted by atomic mass is 10.1. The van der Waals surface area contributed by atoms with Crippen molar-refractivity contribution >= 4 is 11.8 Å². The zero-order valence-corrected chi connectivity index (χ0v) is 15.1. The maximum absolute atomic E-state index is 13.0. The van der Waals surface area contributed by atoms with Gasteiger partial charge in [-0.05, 0) is 43.2 Å². The first kappa shape index (κ1) is 20.5. The maximum Gasteiger partial charge on any atom is 0.417 e. The Kier molecular flexibility index (Phi) is 6.60. The minimum atomic E-state index is -4.60. The second kappa shape index (κ2) is 8.70. The lowest BCUT2D eigenvalue weighted by molar-refractivity contribution is -0.137. The van der Waals surface area contributed by atoms with Crippen LogP contribution in [0.1, 0.15) is 52.1 Å². The van der Waals surface area contributed by atoms with E-state index in [0.717, 1.165) is 18.6 Å². The van der Waals surface area contributed by atoms with Crippen LogP contribution in [0.15, 0.2) is 48.5 Å². The molecule has 0 saturated carbocycles. The Morgan fingerprint density at radius 1 is 1.00 bits per heavy atom. The summed E-state index contributed by atoms with van der Waals surface area (Å²) in [7, 11) is 0. The van der Waals surface area contributed by atoms with E-state index in [-0.39, 0.29) is 18.5 Å². The molecule has 7 heteroatoms. The Bertz CT molecular complexity index is 802. The minimum Gasteiger partial charge on any atom is -0.350 e. The number of nitrogens with one attached hydrogen (secondary N) is 2. The van der Waals surface area contributed by atoms with Gasteiger partial charge in [0.25, 0.3) is 11.8 Å². The van der Waals surface area contributed by atoms with E-state index in [1.165, 1.54) is 12.1 Å². The van der Waals surface area contributed by atoms with E-state index in [2.05, 4.69) is 10.6 Å². The number of hydrogen-bond donors (Lipinski definition) is 2. The Hall–Kier alpha value is -2.83. The fourth-order valence-corrected chi connectivity index (χ4v) is 2.39. The molecule has 27 heavy (non-hydrogen) atoms. The number of carbonyl (C=O) groups is 2. The molecule has 2 rings (SSSR count). The SMILES string of the molecule is CC[C@@H](C)NC(=O)c1ccc(CNC(=O)c2ccccc2C(F)(F)F)cc1. The van der Waals surface area contributed by atoms with Crippen LogP contribution in [0.2, 0.25) is 0 Å². The summed E-state index contributed by atoms with van der Waals surface area (Å²) >= 11 is 0. The largest absolute Gasteiger partial charge is 0.417 e. The number of halogens is 3. The molecule has 0 saturated heterocycles. The predicted molar refractivity (Wildman–Crippen MR) is 96.3 cm³/mol. The zero-order chi connectivity index (χ0) is 20.0. The highest BCUT2D eigenvalue weighted by atomic mass is 19.4. The summed E-state index contributed by atoms with van der Waals surface area (Å²) in [5, 5.41) is 5.32. The second-order valence-corrected chi connectivity index (χ2v) is 6.21. The van der Waals surface area contributed by atoms with E-state index in [9.17, 15) is 22.8 Å². The molecule has 0 aliphatic carbocycles. The van der Waals surface area contributed by atoms with Crippen LogP contribution in [0.4, 0.5) is 13.2 Å². The lowest BCUT2D eigenvalue weighted by Gasteiger charge is -2.13. The quantitative estimate of drug-likeness (QED) is 0.793. The van der Waals surface area contributed by atoms with Gasteiger partial charge in [-0.2, -0.15) is 13.2 Å². The van der Waals surface area contributed by atoms with Crippen LogP contribution in [0.5, 0.6) is 0 Å². The number of benzene rings is 2. The highest BCUT2D eigenvalue weighted by molar-refractivity contribution is 5.96. The van der Waals surface area contributed by atoms with Gasteiger partial charge in [-0.3, -0.25) is 9.59 Å². The molecule has 0 heterocycles. The summed E-state index contributed by atoms with van der Waals surface area (Å²) in [6, 6.07) is 11.2. The summed E-state index contributed by atoms with van der Waals surface area (Å²) in [5.41, 5.74) is -0.241. The molecule has 0 radical (unpaired) electrons. The van der Waals surface area contributed by atoms with E-state index in [0.29, 0.717) is 11.1 Å².